The van der Waals surface area contributed by atoms with E-state index in [0.717, 1.165) is 5.76 Å². The lowest BCUT2D eigenvalue weighted by molar-refractivity contribution is 0.285. The third kappa shape index (κ3) is 3.22. The summed E-state index contributed by atoms with van der Waals surface area (Å²) < 4.78 is 5.21. The number of rotatable bonds is 1. The van der Waals surface area contributed by atoms with Crippen LogP contribution in [0.1, 0.15) is 32.6 Å². The van der Waals surface area contributed by atoms with E-state index >= 15 is 0 Å². The number of halogens is 2. The van der Waals surface area contributed by atoms with E-state index in [2.05, 4.69) is 20.8 Å². The van der Waals surface area contributed by atoms with E-state index in [1.807, 2.05) is 6.07 Å². The molecule has 1 rings (SSSR count). The van der Waals surface area contributed by atoms with Gasteiger partial charge in [-0.2, -0.15) is 0 Å². The van der Waals surface area contributed by atoms with Crippen LogP contribution in [-0.2, 0) is 0 Å². The normalized spacial score (nSPS) is 13.6. The molecule has 0 amide bonds. The summed E-state index contributed by atoms with van der Waals surface area (Å²) in [6, 6.07) is 3.42. The summed E-state index contributed by atoms with van der Waals surface area (Å²) >= 11 is 5.63. The van der Waals surface area contributed by atoms with Crippen molar-refractivity contribution in [1.29, 1.82) is 0 Å². The van der Waals surface area contributed by atoms with E-state index < -0.39 is 0 Å². The first-order chi connectivity index (χ1) is 5.41. The fourth-order valence-electron chi connectivity index (χ4n) is 0.922. The van der Waals surface area contributed by atoms with E-state index in [0.29, 0.717) is 5.22 Å². The molecule has 0 aliphatic rings. The third-order valence-corrected chi connectivity index (χ3v) is 2.04. The van der Waals surface area contributed by atoms with Gasteiger partial charge in [-0.1, -0.05) is 20.8 Å². The summed E-state index contributed by atoms with van der Waals surface area (Å²) in [5.74, 6) is 0.743. The molecule has 1 heterocycles. The Morgan fingerprint density at radius 1 is 1.38 bits per heavy atom. The predicted octanol–water partition coefficient (Wildman–Crippen LogP) is 3.40. The highest BCUT2D eigenvalue weighted by molar-refractivity contribution is 6.28. The molecule has 0 fully saturated rings. The minimum absolute atomic E-state index is 0. The second-order valence-electron chi connectivity index (χ2n) is 3.99. The first-order valence-electron chi connectivity index (χ1n) is 3.92. The van der Waals surface area contributed by atoms with Gasteiger partial charge in [-0.3, -0.25) is 0 Å². The standard InChI is InChI=1S/C9H14ClNO.ClH/c1-9(2,3)8(11)6-4-5-7(10)12-6;/h4-5,8H,11H2,1-3H3;1H/t8-;/m0./s1. The largest absolute Gasteiger partial charge is 0.448 e. The summed E-state index contributed by atoms with van der Waals surface area (Å²) in [7, 11) is 0. The minimum Gasteiger partial charge on any atom is -0.448 e. The van der Waals surface area contributed by atoms with Gasteiger partial charge in [-0.05, 0) is 29.1 Å². The Morgan fingerprint density at radius 2 is 1.92 bits per heavy atom. The molecule has 4 heteroatoms. The summed E-state index contributed by atoms with van der Waals surface area (Å²) in [4.78, 5) is 0. The highest BCUT2D eigenvalue weighted by atomic mass is 35.5. The summed E-state index contributed by atoms with van der Waals surface area (Å²) in [5, 5.41) is 0.393. The highest BCUT2D eigenvalue weighted by Crippen LogP contribution is 2.32. The molecule has 0 radical (unpaired) electrons. The van der Waals surface area contributed by atoms with Gasteiger partial charge in [0.2, 0.25) is 0 Å². The second kappa shape index (κ2) is 4.36. The van der Waals surface area contributed by atoms with Gasteiger partial charge in [0, 0.05) is 0 Å². The van der Waals surface area contributed by atoms with Crippen molar-refractivity contribution in [3.8, 4) is 0 Å². The molecule has 1 aromatic rings. The smallest absolute Gasteiger partial charge is 0.193 e. The van der Waals surface area contributed by atoms with Crippen molar-refractivity contribution in [2.45, 2.75) is 26.8 Å². The van der Waals surface area contributed by atoms with Crippen LogP contribution < -0.4 is 5.73 Å². The first-order valence-corrected chi connectivity index (χ1v) is 4.30. The number of nitrogens with two attached hydrogens (primary N) is 1. The zero-order chi connectivity index (χ0) is 9.35. The first kappa shape index (κ1) is 12.8. The van der Waals surface area contributed by atoms with Gasteiger partial charge in [-0.15, -0.1) is 12.4 Å². The molecule has 76 valence electrons. The average molecular weight is 224 g/mol. The molecule has 0 aromatic carbocycles. The van der Waals surface area contributed by atoms with Crippen molar-refractivity contribution >= 4 is 24.0 Å². The molecule has 1 atom stereocenters. The zero-order valence-corrected chi connectivity index (χ0v) is 9.58. The second-order valence-corrected chi connectivity index (χ2v) is 4.36. The molecule has 0 spiro atoms. The molecular formula is C9H15Cl2NO. The molecule has 0 bridgehead atoms. The Labute approximate surface area is 89.8 Å². The predicted molar refractivity (Wildman–Crippen MR) is 57.3 cm³/mol. The van der Waals surface area contributed by atoms with E-state index in [-0.39, 0.29) is 23.9 Å². The fourth-order valence-corrected chi connectivity index (χ4v) is 1.07. The van der Waals surface area contributed by atoms with Crippen LogP contribution in [0.3, 0.4) is 0 Å². The maximum Gasteiger partial charge on any atom is 0.193 e. The number of hydrogen-bond donors (Lipinski definition) is 1. The van der Waals surface area contributed by atoms with Crippen LogP contribution in [0.4, 0.5) is 0 Å². The Morgan fingerprint density at radius 3 is 2.23 bits per heavy atom. The van der Waals surface area contributed by atoms with Crippen LogP contribution in [0.15, 0.2) is 16.5 Å². The molecule has 0 saturated carbocycles. The Hall–Kier alpha value is -0.180. The molecule has 0 aliphatic heterocycles. The molecule has 13 heavy (non-hydrogen) atoms. The van der Waals surface area contributed by atoms with Crippen LogP contribution in [0, 0.1) is 5.41 Å². The van der Waals surface area contributed by atoms with Crippen molar-refractivity contribution in [3.63, 3.8) is 0 Å². The fraction of sp³-hybridized carbons (Fsp3) is 0.556. The summed E-state index contributed by atoms with van der Waals surface area (Å²) in [6.07, 6.45) is 0. The Balaban J connectivity index is 0.00000144. The van der Waals surface area contributed by atoms with Gasteiger partial charge in [0.1, 0.15) is 5.76 Å². The average Bonchev–Trinajstić information content (AvgIpc) is 2.32. The Bertz CT molecular complexity index is 265. The van der Waals surface area contributed by atoms with Crippen LogP contribution in [0.2, 0.25) is 5.22 Å². The van der Waals surface area contributed by atoms with Gasteiger partial charge < -0.3 is 10.2 Å². The zero-order valence-electron chi connectivity index (χ0n) is 8.00. The van der Waals surface area contributed by atoms with Crippen molar-refractivity contribution in [1.82, 2.24) is 0 Å². The maximum absolute atomic E-state index is 5.93. The minimum atomic E-state index is -0.106. The monoisotopic (exact) mass is 223 g/mol. The van der Waals surface area contributed by atoms with Gasteiger partial charge >= 0.3 is 0 Å². The third-order valence-electron chi connectivity index (χ3n) is 1.83. The molecule has 2 N–H and O–H groups in total. The van der Waals surface area contributed by atoms with Gasteiger partial charge in [0.15, 0.2) is 5.22 Å². The summed E-state index contributed by atoms with van der Waals surface area (Å²) in [5.41, 5.74) is 5.93. The maximum atomic E-state index is 5.93. The van der Waals surface area contributed by atoms with E-state index in [1.54, 1.807) is 6.07 Å². The van der Waals surface area contributed by atoms with Crippen LogP contribution in [0.5, 0.6) is 0 Å². The molecule has 0 saturated heterocycles. The van der Waals surface area contributed by atoms with Crippen molar-refractivity contribution < 1.29 is 4.42 Å². The number of hydrogen-bond acceptors (Lipinski definition) is 2. The van der Waals surface area contributed by atoms with E-state index in [9.17, 15) is 0 Å². The summed E-state index contributed by atoms with van der Waals surface area (Å²) in [6.45, 7) is 6.19. The van der Waals surface area contributed by atoms with Crippen molar-refractivity contribution in [2.75, 3.05) is 0 Å². The van der Waals surface area contributed by atoms with E-state index in [1.165, 1.54) is 0 Å². The van der Waals surface area contributed by atoms with Crippen LogP contribution in [0.25, 0.3) is 0 Å². The molecule has 1 aromatic heterocycles. The van der Waals surface area contributed by atoms with Crippen LogP contribution in [-0.4, -0.2) is 0 Å². The SMILES string of the molecule is CC(C)(C)[C@@H](N)c1ccc(Cl)o1.Cl. The quantitative estimate of drug-likeness (QED) is 0.793. The molecule has 0 aliphatic carbocycles. The lowest BCUT2D eigenvalue weighted by Gasteiger charge is -2.24. The van der Waals surface area contributed by atoms with Crippen molar-refractivity contribution in [3.05, 3.63) is 23.1 Å². The van der Waals surface area contributed by atoms with Gasteiger partial charge in [0.25, 0.3) is 0 Å². The van der Waals surface area contributed by atoms with Gasteiger partial charge in [-0.25, -0.2) is 0 Å². The molecule has 2 nitrogen and oxygen atoms in total. The Kier molecular flexibility index (Phi) is 4.30. The lowest BCUT2D eigenvalue weighted by Crippen LogP contribution is -2.25. The van der Waals surface area contributed by atoms with E-state index in [4.69, 9.17) is 21.8 Å². The topological polar surface area (TPSA) is 39.2 Å². The highest BCUT2D eigenvalue weighted by Gasteiger charge is 2.24. The number of furan rings is 1. The van der Waals surface area contributed by atoms with Crippen molar-refractivity contribution in [2.24, 2.45) is 11.1 Å². The lowest BCUT2D eigenvalue weighted by atomic mass is 9.86. The van der Waals surface area contributed by atoms with Crippen LogP contribution >= 0.6 is 24.0 Å². The van der Waals surface area contributed by atoms with Gasteiger partial charge in [0.05, 0.1) is 6.04 Å². The molecule has 0 unspecified atom stereocenters. The molecular weight excluding hydrogens is 209 g/mol.